The molecule has 1 aliphatic rings. The number of hydrogen-bond acceptors (Lipinski definition) is 3. The van der Waals surface area contributed by atoms with Crippen molar-refractivity contribution in [1.29, 1.82) is 0 Å². The van der Waals surface area contributed by atoms with Gasteiger partial charge in [-0.2, -0.15) is 0 Å². The number of Topliss-reactive ketones (excluding diaryl/α,β-unsaturated/α-hetero) is 1. The van der Waals surface area contributed by atoms with E-state index in [9.17, 15) is 4.79 Å². The number of rotatable bonds is 7. The van der Waals surface area contributed by atoms with Gasteiger partial charge in [0.25, 0.3) is 0 Å². The molecular formula is C17H25NO2. The first-order valence-corrected chi connectivity index (χ1v) is 7.40. The minimum atomic E-state index is -0.0712. The van der Waals surface area contributed by atoms with Crippen molar-refractivity contribution in [1.82, 2.24) is 4.90 Å². The zero-order valence-corrected chi connectivity index (χ0v) is 13.0. The largest absolute Gasteiger partial charge is 0.383 e. The van der Waals surface area contributed by atoms with Crippen molar-refractivity contribution in [2.45, 2.75) is 45.7 Å². The molecule has 1 aliphatic carbocycles. The Morgan fingerprint density at radius 3 is 2.70 bits per heavy atom. The maximum Gasteiger partial charge on any atom is 0.179 e. The lowest BCUT2D eigenvalue weighted by atomic mass is 9.97. The highest BCUT2D eigenvalue weighted by Crippen LogP contribution is 2.29. The summed E-state index contributed by atoms with van der Waals surface area (Å²) in [6.45, 7) is 7.58. The van der Waals surface area contributed by atoms with Crippen LogP contribution in [0, 0.1) is 13.8 Å². The fourth-order valence-corrected chi connectivity index (χ4v) is 2.67. The molecule has 0 radical (unpaired) electrons. The van der Waals surface area contributed by atoms with E-state index in [0.29, 0.717) is 12.6 Å². The molecule has 20 heavy (non-hydrogen) atoms. The second kappa shape index (κ2) is 6.51. The molecule has 1 unspecified atom stereocenters. The molecule has 0 saturated heterocycles. The zero-order chi connectivity index (χ0) is 14.7. The van der Waals surface area contributed by atoms with Gasteiger partial charge in [0, 0.05) is 25.3 Å². The zero-order valence-electron chi connectivity index (χ0n) is 13.0. The number of nitrogens with zero attached hydrogens (tertiary/aromatic N) is 1. The summed E-state index contributed by atoms with van der Waals surface area (Å²) in [5.74, 6) is 0.231. The first-order chi connectivity index (χ1) is 9.54. The lowest BCUT2D eigenvalue weighted by Crippen LogP contribution is -2.42. The van der Waals surface area contributed by atoms with Crippen LogP contribution in [0.3, 0.4) is 0 Å². The molecule has 1 fully saturated rings. The van der Waals surface area contributed by atoms with Gasteiger partial charge in [0.15, 0.2) is 5.78 Å². The van der Waals surface area contributed by atoms with Gasteiger partial charge in [-0.3, -0.25) is 9.69 Å². The van der Waals surface area contributed by atoms with Crippen molar-refractivity contribution >= 4 is 5.78 Å². The normalized spacial score (nSPS) is 16.4. The molecule has 0 spiro atoms. The maximum absolute atomic E-state index is 12.8. The molecule has 110 valence electrons. The third-order valence-corrected chi connectivity index (χ3v) is 4.10. The smallest absolute Gasteiger partial charge is 0.179 e. The van der Waals surface area contributed by atoms with Crippen molar-refractivity contribution in [2.24, 2.45) is 0 Å². The van der Waals surface area contributed by atoms with Crippen LogP contribution in [-0.4, -0.2) is 43.0 Å². The summed E-state index contributed by atoms with van der Waals surface area (Å²) in [6.07, 6.45) is 2.41. The molecule has 1 saturated carbocycles. The lowest BCUT2D eigenvalue weighted by Gasteiger charge is -2.28. The Balaban J connectivity index is 2.15. The van der Waals surface area contributed by atoms with Crippen molar-refractivity contribution < 1.29 is 9.53 Å². The standard InChI is InChI=1S/C17H25NO2/c1-12-5-6-13(2)16(11-12)17(19)14(3)18(9-10-20-4)15-7-8-15/h5-6,11,14-15H,7-10H2,1-4H3. The number of ether oxygens (including phenoxy) is 1. The molecule has 1 atom stereocenters. The Morgan fingerprint density at radius 1 is 1.40 bits per heavy atom. The highest BCUT2D eigenvalue weighted by Gasteiger charge is 2.35. The Kier molecular flexibility index (Phi) is 4.95. The molecule has 0 amide bonds. The van der Waals surface area contributed by atoms with Crippen LogP contribution in [0.4, 0.5) is 0 Å². The SMILES string of the molecule is COCCN(C1CC1)C(C)C(=O)c1cc(C)ccc1C. The average molecular weight is 275 g/mol. The molecule has 1 aromatic rings. The fourth-order valence-electron chi connectivity index (χ4n) is 2.67. The van der Waals surface area contributed by atoms with E-state index < -0.39 is 0 Å². The van der Waals surface area contributed by atoms with E-state index in [1.807, 2.05) is 32.9 Å². The van der Waals surface area contributed by atoms with Gasteiger partial charge in [0.05, 0.1) is 12.6 Å². The molecule has 0 heterocycles. The number of benzene rings is 1. The third-order valence-electron chi connectivity index (χ3n) is 4.10. The molecule has 0 bridgehead atoms. The van der Waals surface area contributed by atoms with Crippen molar-refractivity contribution in [3.8, 4) is 0 Å². The van der Waals surface area contributed by atoms with E-state index in [1.165, 1.54) is 12.8 Å². The predicted molar refractivity (Wildman–Crippen MR) is 81.3 cm³/mol. The van der Waals surface area contributed by atoms with Crippen LogP contribution in [0.25, 0.3) is 0 Å². The number of aryl methyl sites for hydroxylation is 2. The monoisotopic (exact) mass is 275 g/mol. The molecule has 3 nitrogen and oxygen atoms in total. The number of carbonyl (C=O) groups is 1. The quantitative estimate of drug-likeness (QED) is 0.716. The van der Waals surface area contributed by atoms with Gasteiger partial charge < -0.3 is 4.74 Å². The minimum absolute atomic E-state index is 0.0712. The first kappa shape index (κ1) is 15.2. The molecule has 1 aromatic carbocycles. The van der Waals surface area contributed by atoms with Gasteiger partial charge in [-0.15, -0.1) is 0 Å². The van der Waals surface area contributed by atoms with Gasteiger partial charge in [0.1, 0.15) is 0 Å². The molecule has 2 rings (SSSR count). The van der Waals surface area contributed by atoms with Crippen LogP contribution in [0.1, 0.15) is 41.3 Å². The van der Waals surface area contributed by atoms with Crippen LogP contribution in [0.2, 0.25) is 0 Å². The third kappa shape index (κ3) is 3.47. The molecule has 0 aliphatic heterocycles. The minimum Gasteiger partial charge on any atom is -0.383 e. The molecule has 0 aromatic heterocycles. The Hall–Kier alpha value is -1.19. The summed E-state index contributed by atoms with van der Waals surface area (Å²) >= 11 is 0. The summed E-state index contributed by atoms with van der Waals surface area (Å²) in [4.78, 5) is 15.1. The predicted octanol–water partition coefficient (Wildman–Crippen LogP) is 2.99. The van der Waals surface area contributed by atoms with Crippen molar-refractivity contribution in [3.63, 3.8) is 0 Å². The Morgan fingerprint density at radius 2 is 2.10 bits per heavy atom. The second-order valence-electron chi connectivity index (χ2n) is 5.82. The highest BCUT2D eigenvalue weighted by molar-refractivity contribution is 6.01. The first-order valence-electron chi connectivity index (χ1n) is 7.40. The van der Waals surface area contributed by atoms with Gasteiger partial charge in [-0.25, -0.2) is 0 Å². The van der Waals surface area contributed by atoms with Crippen LogP contribution < -0.4 is 0 Å². The average Bonchev–Trinajstić information content (AvgIpc) is 3.25. The Bertz CT molecular complexity index is 480. The highest BCUT2D eigenvalue weighted by atomic mass is 16.5. The summed E-state index contributed by atoms with van der Waals surface area (Å²) < 4.78 is 5.18. The Labute approximate surface area is 121 Å². The summed E-state index contributed by atoms with van der Waals surface area (Å²) in [5.41, 5.74) is 3.07. The molecule has 0 N–H and O–H groups in total. The topological polar surface area (TPSA) is 29.5 Å². The van der Waals surface area contributed by atoms with Crippen LogP contribution in [0.5, 0.6) is 0 Å². The number of ketones is 1. The van der Waals surface area contributed by atoms with E-state index in [4.69, 9.17) is 4.74 Å². The number of methoxy groups -OCH3 is 1. The summed E-state index contributed by atoms with van der Waals surface area (Å²) in [5, 5.41) is 0. The van der Waals surface area contributed by atoms with Crippen LogP contribution >= 0.6 is 0 Å². The fraction of sp³-hybridized carbons (Fsp3) is 0.588. The van der Waals surface area contributed by atoms with E-state index in [1.54, 1.807) is 7.11 Å². The van der Waals surface area contributed by atoms with Crippen molar-refractivity contribution in [2.75, 3.05) is 20.3 Å². The van der Waals surface area contributed by atoms with Gasteiger partial charge >= 0.3 is 0 Å². The number of hydrogen-bond donors (Lipinski definition) is 0. The number of carbonyl (C=O) groups excluding carboxylic acids is 1. The van der Waals surface area contributed by atoms with E-state index >= 15 is 0 Å². The van der Waals surface area contributed by atoms with Crippen LogP contribution in [-0.2, 0) is 4.74 Å². The van der Waals surface area contributed by atoms with Crippen molar-refractivity contribution in [3.05, 3.63) is 34.9 Å². The summed E-state index contributed by atoms with van der Waals surface area (Å²) in [6, 6.07) is 6.59. The maximum atomic E-state index is 12.8. The molecule has 3 heteroatoms. The molecular weight excluding hydrogens is 250 g/mol. The van der Waals surface area contributed by atoms with Gasteiger partial charge in [-0.1, -0.05) is 17.7 Å². The van der Waals surface area contributed by atoms with Gasteiger partial charge in [-0.05, 0) is 45.2 Å². The van der Waals surface area contributed by atoms with E-state index in [2.05, 4.69) is 11.0 Å². The second-order valence-corrected chi connectivity index (χ2v) is 5.82. The summed E-state index contributed by atoms with van der Waals surface area (Å²) in [7, 11) is 1.71. The van der Waals surface area contributed by atoms with Crippen LogP contribution in [0.15, 0.2) is 18.2 Å². The lowest BCUT2D eigenvalue weighted by molar-refractivity contribution is 0.0757. The van der Waals surface area contributed by atoms with Gasteiger partial charge in [0.2, 0.25) is 0 Å². The van der Waals surface area contributed by atoms with E-state index in [-0.39, 0.29) is 11.8 Å². The van der Waals surface area contributed by atoms with E-state index in [0.717, 1.165) is 23.2 Å².